The Morgan fingerprint density at radius 3 is 2.86 bits per heavy atom. The van der Waals surface area contributed by atoms with E-state index < -0.39 is 6.43 Å². The summed E-state index contributed by atoms with van der Waals surface area (Å²) in [7, 11) is 0. The number of benzene rings is 1. The lowest BCUT2D eigenvalue weighted by atomic mass is 10.1. The number of aromatic nitrogens is 2. The lowest BCUT2D eigenvalue weighted by Crippen LogP contribution is -2.06. The van der Waals surface area contributed by atoms with E-state index in [0.717, 1.165) is 11.3 Å². The number of hydrogen-bond acceptors (Lipinski definition) is 2. The first-order chi connectivity index (χ1) is 10.1. The van der Waals surface area contributed by atoms with E-state index in [0.29, 0.717) is 18.7 Å². The number of allylic oxidation sites excluding steroid dienone is 1. The molecule has 1 aromatic heterocycles. The normalized spacial score (nSPS) is 14.0. The Morgan fingerprint density at radius 1 is 1.29 bits per heavy atom. The van der Waals surface area contributed by atoms with Crippen molar-refractivity contribution >= 4 is 17.3 Å². The van der Waals surface area contributed by atoms with Gasteiger partial charge in [0.1, 0.15) is 0 Å². The molecule has 108 valence electrons. The maximum Gasteiger partial charge on any atom is 0.265 e. The van der Waals surface area contributed by atoms with Crippen molar-refractivity contribution in [3.8, 4) is 11.1 Å². The van der Waals surface area contributed by atoms with Crippen molar-refractivity contribution in [3.05, 3.63) is 53.3 Å². The molecule has 3 nitrogen and oxygen atoms in total. The van der Waals surface area contributed by atoms with Gasteiger partial charge >= 0.3 is 0 Å². The zero-order chi connectivity index (χ0) is 14.8. The van der Waals surface area contributed by atoms with Crippen LogP contribution in [0, 0.1) is 0 Å². The van der Waals surface area contributed by atoms with Gasteiger partial charge in [0.05, 0.1) is 25.0 Å². The second kappa shape index (κ2) is 5.77. The summed E-state index contributed by atoms with van der Waals surface area (Å²) in [4.78, 5) is 4.29. The van der Waals surface area contributed by atoms with Gasteiger partial charge in [-0.1, -0.05) is 23.7 Å². The number of rotatable bonds is 4. The Bertz CT molecular complexity index is 719. The van der Waals surface area contributed by atoms with Crippen LogP contribution in [0.25, 0.3) is 11.1 Å². The van der Waals surface area contributed by atoms with E-state index in [-0.39, 0.29) is 10.6 Å². The standard InChI is InChI=1S/C15H12ClF2N3/c16-14-4-3-10(6-13(14)15(17)18)11-7-20-21(8-11)9-12-2-1-5-19-12/h1-4,6-8,15H,5,9H2. The van der Waals surface area contributed by atoms with Gasteiger partial charge in [-0.05, 0) is 23.8 Å². The first-order valence-electron chi connectivity index (χ1n) is 6.44. The molecule has 0 radical (unpaired) electrons. The van der Waals surface area contributed by atoms with Gasteiger partial charge in [-0.15, -0.1) is 0 Å². The van der Waals surface area contributed by atoms with E-state index in [4.69, 9.17) is 11.6 Å². The lowest BCUT2D eigenvalue weighted by Gasteiger charge is -2.05. The molecular formula is C15H12ClF2N3. The summed E-state index contributed by atoms with van der Waals surface area (Å²) in [5.74, 6) is 0. The predicted molar refractivity (Wildman–Crippen MR) is 79.1 cm³/mol. The van der Waals surface area contributed by atoms with Crippen LogP contribution < -0.4 is 0 Å². The molecule has 1 aliphatic heterocycles. The van der Waals surface area contributed by atoms with Crippen molar-refractivity contribution in [2.45, 2.75) is 13.0 Å². The molecule has 0 saturated heterocycles. The number of halogens is 3. The number of alkyl halides is 2. The Labute approximate surface area is 125 Å². The van der Waals surface area contributed by atoms with E-state index in [1.807, 2.05) is 18.3 Å². The van der Waals surface area contributed by atoms with Crippen LogP contribution in [0.2, 0.25) is 5.02 Å². The molecule has 0 aliphatic carbocycles. The van der Waals surface area contributed by atoms with E-state index in [2.05, 4.69) is 10.1 Å². The quantitative estimate of drug-likeness (QED) is 0.834. The molecular weight excluding hydrogens is 296 g/mol. The van der Waals surface area contributed by atoms with Crippen molar-refractivity contribution in [2.75, 3.05) is 6.54 Å². The molecule has 1 aromatic carbocycles. The molecule has 2 heterocycles. The van der Waals surface area contributed by atoms with Gasteiger partial charge in [-0.25, -0.2) is 8.78 Å². The number of hydrogen-bond donors (Lipinski definition) is 0. The number of aliphatic imine (C=N–C) groups is 1. The van der Waals surface area contributed by atoms with Crippen LogP contribution in [0.1, 0.15) is 12.0 Å². The molecule has 0 amide bonds. The van der Waals surface area contributed by atoms with Crippen LogP contribution in [0.15, 0.2) is 47.7 Å². The zero-order valence-corrected chi connectivity index (χ0v) is 11.8. The van der Waals surface area contributed by atoms with Crippen LogP contribution in [-0.2, 0) is 6.54 Å². The van der Waals surface area contributed by atoms with Crippen LogP contribution in [-0.4, -0.2) is 22.0 Å². The molecule has 21 heavy (non-hydrogen) atoms. The first-order valence-corrected chi connectivity index (χ1v) is 6.81. The molecule has 0 bridgehead atoms. The monoisotopic (exact) mass is 307 g/mol. The second-order valence-electron chi connectivity index (χ2n) is 4.70. The molecule has 0 spiro atoms. The topological polar surface area (TPSA) is 30.2 Å². The molecule has 0 atom stereocenters. The highest BCUT2D eigenvalue weighted by Gasteiger charge is 2.14. The van der Waals surface area contributed by atoms with Gasteiger partial charge in [0.25, 0.3) is 6.43 Å². The highest BCUT2D eigenvalue weighted by Crippen LogP contribution is 2.31. The van der Waals surface area contributed by atoms with E-state index in [1.54, 1.807) is 16.9 Å². The van der Waals surface area contributed by atoms with E-state index in [9.17, 15) is 8.78 Å². The van der Waals surface area contributed by atoms with Crippen LogP contribution in [0.4, 0.5) is 8.78 Å². The Hall–Kier alpha value is -2.01. The highest BCUT2D eigenvalue weighted by molar-refractivity contribution is 6.31. The zero-order valence-electron chi connectivity index (χ0n) is 11.0. The molecule has 0 N–H and O–H groups in total. The van der Waals surface area contributed by atoms with Gasteiger partial charge in [-0.2, -0.15) is 5.10 Å². The summed E-state index contributed by atoms with van der Waals surface area (Å²) in [5, 5.41) is 4.31. The molecule has 0 saturated carbocycles. The number of nitrogens with zero attached hydrogens (tertiary/aromatic N) is 3. The smallest absolute Gasteiger partial charge is 0.265 e. The fraction of sp³-hybridized carbons (Fsp3) is 0.200. The molecule has 0 fully saturated rings. The fourth-order valence-electron chi connectivity index (χ4n) is 2.17. The largest absolute Gasteiger partial charge is 0.284 e. The molecule has 2 aromatic rings. The first kappa shape index (κ1) is 13.9. The lowest BCUT2D eigenvalue weighted by molar-refractivity contribution is 0.151. The molecule has 6 heteroatoms. The summed E-state index contributed by atoms with van der Waals surface area (Å²) < 4.78 is 27.5. The summed E-state index contributed by atoms with van der Waals surface area (Å²) in [5.41, 5.74) is 2.24. The minimum absolute atomic E-state index is 0.0755. The third-order valence-electron chi connectivity index (χ3n) is 3.23. The van der Waals surface area contributed by atoms with Crippen molar-refractivity contribution in [1.29, 1.82) is 0 Å². The average molecular weight is 308 g/mol. The summed E-state index contributed by atoms with van der Waals surface area (Å²) in [6.45, 7) is 1.28. The Morgan fingerprint density at radius 2 is 2.14 bits per heavy atom. The minimum Gasteiger partial charge on any atom is -0.284 e. The molecule has 3 rings (SSSR count). The van der Waals surface area contributed by atoms with E-state index in [1.165, 1.54) is 12.1 Å². The van der Waals surface area contributed by atoms with Crippen molar-refractivity contribution < 1.29 is 8.78 Å². The summed E-state index contributed by atoms with van der Waals surface area (Å²) >= 11 is 5.77. The van der Waals surface area contributed by atoms with Gasteiger partial charge in [-0.3, -0.25) is 9.67 Å². The van der Waals surface area contributed by atoms with Crippen molar-refractivity contribution in [1.82, 2.24) is 9.78 Å². The summed E-state index contributed by atoms with van der Waals surface area (Å²) in [6.07, 6.45) is 4.81. The highest BCUT2D eigenvalue weighted by atomic mass is 35.5. The molecule has 1 aliphatic rings. The Balaban J connectivity index is 1.85. The predicted octanol–water partition coefficient (Wildman–Crippen LogP) is 4.15. The summed E-state index contributed by atoms with van der Waals surface area (Å²) in [6, 6.07) is 4.60. The van der Waals surface area contributed by atoms with Crippen LogP contribution in [0.5, 0.6) is 0 Å². The van der Waals surface area contributed by atoms with Crippen LogP contribution in [0.3, 0.4) is 0 Å². The molecule has 0 unspecified atom stereocenters. The van der Waals surface area contributed by atoms with Gasteiger partial charge in [0.2, 0.25) is 0 Å². The Kier molecular flexibility index (Phi) is 3.84. The van der Waals surface area contributed by atoms with Crippen molar-refractivity contribution in [3.63, 3.8) is 0 Å². The van der Waals surface area contributed by atoms with Gasteiger partial charge in [0.15, 0.2) is 0 Å². The second-order valence-corrected chi connectivity index (χ2v) is 5.11. The van der Waals surface area contributed by atoms with E-state index >= 15 is 0 Å². The maximum absolute atomic E-state index is 12.9. The minimum atomic E-state index is -2.59. The third kappa shape index (κ3) is 3.03. The maximum atomic E-state index is 12.9. The van der Waals surface area contributed by atoms with Crippen LogP contribution >= 0.6 is 11.6 Å². The van der Waals surface area contributed by atoms with Crippen molar-refractivity contribution in [2.24, 2.45) is 4.99 Å². The SMILES string of the molecule is FC(F)c1cc(-c2cnn(CC3=NCC=C3)c2)ccc1Cl. The average Bonchev–Trinajstić information content (AvgIpc) is 3.11. The fourth-order valence-corrected chi connectivity index (χ4v) is 2.37. The third-order valence-corrected chi connectivity index (χ3v) is 3.58. The van der Waals surface area contributed by atoms with Gasteiger partial charge < -0.3 is 0 Å². The van der Waals surface area contributed by atoms with Gasteiger partial charge in [0, 0.05) is 22.3 Å².